The van der Waals surface area contributed by atoms with Gasteiger partial charge in [0.05, 0.1) is 6.04 Å². The molecule has 0 N–H and O–H groups in total. The Morgan fingerprint density at radius 2 is 1.53 bits per heavy atom. The minimum Gasteiger partial charge on any atom is -0.285 e. The van der Waals surface area contributed by atoms with Gasteiger partial charge in [-0.25, -0.2) is 0 Å². The Labute approximate surface area is 185 Å². The van der Waals surface area contributed by atoms with E-state index >= 15 is 0 Å². The van der Waals surface area contributed by atoms with Crippen molar-refractivity contribution in [1.82, 2.24) is 0 Å². The number of aliphatic imine (C=N–C) groups is 1. The number of hydrogen-bond acceptors (Lipinski definition) is 1. The first-order valence-corrected chi connectivity index (χ1v) is 11.9. The van der Waals surface area contributed by atoms with Gasteiger partial charge in [-0.2, -0.15) is 0 Å². The standard InChI is InChI=1S/C27H25ClNP/c1-20(22-11-9-12-23(28)19-22)29-21(2)26-17-10-18-27(26)30(24-13-5-3-6-14-24)25-15-7-4-8-16-25/h3-19,21,26H,1-2H3/t21-,26?/m1/s1. The van der Waals surface area contributed by atoms with Crippen LogP contribution < -0.4 is 10.6 Å². The second-order valence-corrected chi connectivity index (χ2v) is 10.1. The topological polar surface area (TPSA) is 12.4 Å². The van der Waals surface area contributed by atoms with Crippen molar-refractivity contribution in [3.63, 3.8) is 0 Å². The Balaban J connectivity index is 1.67. The summed E-state index contributed by atoms with van der Waals surface area (Å²) in [5, 5.41) is 4.95. The first-order valence-electron chi connectivity index (χ1n) is 10.2. The van der Waals surface area contributed by atoms with Gasteiger partial charge in [-0.15, -0.1) is 0 Å². The molecule has 30 heavy (non-hydrogen) atoms. The Bertz CT molecular complexity index is 1050. The largest absolute Gasteiger partial charge is 0.285 e. The fourth-order valence-corrected chi connectivity index (χ4v) is 6.75. The average molecular weight is 430 g/mol. The van der Waals surface area contributed by atoms with Gasteiger partial charge in [-0.3, -0.25) is 4.99 Å². The van der Waals surface area contributed by atoms with Crippen molar-refractivity contribution in [3.8, 4) is 0 Å². The van der Waals surface area contributed by atoms with E-state index in [0.717, 1.165) is 16.3 Å². The average Bonchev–Trinajstić information content (AvgIpc) is 3.25. The molecule has 0 aromatic heterocycles. The lowest BCUT2D eigenvalue weighted by Gasteiger charge is -2.27. The number of benzene rings is 3. The molecule has 150 valence electrons. The van der Waals surface area contributed by atoms with Gasteiger partial charge in [0.25, 0.3) is 0 Å². The van der Waals surface area contributed by atoms with Gasteiger partial charge in [0.2, 0.25) is 0 Å². The highest BCUT2D eigenvalue weighted by atomic mass is 35.5. The Morgan fingerprint density at radius 3 is 2.13 bits per heavy atom. The number of hydrogen-bond donors (Lipinski definition) is 0. The predicted molar refractivity (Wildman–Crippen MR) is 133 cm³/mol. The fraction of sp³-hybridized carbons (Fsp3) is 0.148. The van der Waals surface area contributed by atoms with Crippen molar-refractivity contribution in [2.75, 3.05) is 0 Å². The maximum atomic E-state index is 6.18. The molecule has 1 unspecified atom stereocenters. The number of rotatable bonds is 6. The van der Waals surface area contributed by atoms with Crippen LogP contribution >= 0.6 is 19.5 Å². The summed E-state index contributed by atoms with van der Waals surface area (Å²) in [4.78, 5) is 5.07. The summed E-state index contributed by atoms with van der Waals surface area (Å²) in [5.41, 5.74) is 2.10. The predicted octanol–water partition coefficient (Wildman–Crippen LogP) is 6.74. The van der Waals surface area contributed by atoms with Crippen LogP contribution in [0.5, 0.6) is 0 Å². The maximum Gasteiger partial charge on any atom is 0.0578 e. The smallest absolute Gasteiger partial charge is 0.0578 e. The second kappa shape index (κ2) is 9.56. The van der Waals surface area contributed by atoms with Crippen molar-refractivity contribution in [2.24, 2.45) is 10.9 Å². The zero-order valence-electron chi connectivity index (χ0n) is 17.2. The highest BCUT2D eigenvalue weighted by molar-refractivity contribution is 7.76. The molecule has 3 heteroatoms. The number of nitrogens with zero attached hydrogens (tertiary/aromatic N) is 1. The molecule has 0 heterocycles. The first-order chi connectivity index (χ1) is 14.6. The molecule has 0 aliphatic heterocycles. The van der Waals surface area contributed by atoms with E-state index in [4.69, 9.17) is 16.6 Å². The monoisotopic (exact) mass is 429 g/mol. The molecule has 0 saturated carbocycles. The van der Waals surface area contributed by atoms with Crippen LogP contribution in [0.3, 0.4) is 0 Å². The van der Waals surface area contributed by atoms with Gasteiger partial charge < -0.3 is 0 Å². The lowest BCUT2D eigenvalue weighted by molar-refractivity contribution is 0.635. The summed E-state index contributed by atoms with van der Waals surface area (Å²) >= 11 is 6.18. The summed E-state index contributed by atoms with van der Waals surface area (Å²) in [6.45, 7) is 4.28. The van der Waals surface area contributed by atoms with Crippen molar-refractivity contribution in [2.45, 2.75) is 19.9 Å². The van der Waals surface area contributed by atoms with Crippen LogP contribution in [0.15, 0.2) is 113 Å². The maximum absolute atomic E-state index is 6.18. The molecule has 0 bridgehead atoms. The molecule has 1 nitrogen and oxygen atoms in total. The number of allylic oxidation sites excluding steroid dienone is 2. The minimum absolute atomic E-state index is 0.145. The molecule has 4 rings (SSSR count). The zero-order chi connectivity index (χ0) is 20.9. The summed E-state index contributed by atoms with van der Waals surface area (Å²) in [6, 6.07) is 29.8. The van der Waals surface area contributed by atoms with Crippen LogP contribution in [0, 0.1) is 5.92 Å². The highest BCUT2D eigenvalue weighted by Gasteiger charge is 2.29. The molecule has 0 saturated heterocycles. The summed E-state index contributed by atoms with van der Waals surface area (Å²) < 4.78 is 0. The molecule has 0 fully saturated rings. The van der Waals surface area contributed by atoms with E-state index in [-0.39, 0.29) is 12.0 Å². The summed E-state index contributed by atoms with van der Waals surface area (Å²) in [5.74, 6) is 0.283. The van der Waals surface area contributed by atoms with Crippen molar-refractivity contribution >= 4 is 35.8 Å². The third-order valence-corrected chi connectivity index (χ3v) is 8.20. The molecule has 0 spiro atoms. The Hall–Kier alpha value is -2.47. The SMILES string of the molecule is CC(=N[C@H](C)C1C=CC=C1P(c1ccccc1)c1ccccc1)c1cccc(Cl)c1. The van der Waals surface area contributed by atoms with Crippen LogP contribution in [-0.4, -0.2) is 11.8 Å². The van der Waals surface area contributed by atoms with Crippen molar-refractivity contribution < 1.29 is 0 Å². The van der Waals surface area contributed by atoms with Gasteiger partial charge in [-0.1, -0.05) is 103 Å². The van der Waals surface area contributed by atoms with Gasteiger partial charge in [0.1, 0.15) is 0 Å². The first kappa shape index (κ1) is 20.8. The van der Waals surface area contributed by atoms with Gasteiger partial charge in [-0.05, 0) is 55.4 Å². The molecule has 2 atom stereocenters. The molecular weight excluding hydrogens is 405 g/mol. The van der Waals surface area contributed by atoms with Crippen LogP contribution in [-0.2, 0) is 0 Å². The van der Waals surface area contributed by atoms with E-state index in [1.165, 1.54) is 15.9 Å². The molecule has 1 aliphatic rings. The third kappa shape index (κ3) is 4.64. The molecular formula is C27H25ClNP. The molecule has 0 amide bonds. The summed E-state index contributed by atoms with van der Waals surface area (Å²) in [6.07, 6.45) is 6.80. The molecule has 1 aliphatic carbocycles. The van der Waals surface area contributed by atoms with E-state index in [0.29, 0.717) is 0 Å². The quantitative estimate of drug-likeness (QED) is 0.304. The van der Waals surface area contributed by atoms with Crippen LogP contribution in [0.1, 0.15) is 19.4 Å². The third-order valence-electron chi connectivity index (χ3n) is 5.37. The molecule has 3 aromatic carbocycles. The normalized spacial score (nSPS) is 17.3. The van der Waals surface area contributed by atoms with Gasteiger partial charge in [0.15, 0.2) is 0 Å². The summed E-state index contributed by atoms with van der Waals surface area (Å²) in [7, 11) is -0.600. The second-order valence-electron chi connectivity index (χ2n) is 7.47. The van der Waals surface area contributed by atoms with Crippen LogP contribution in [0.25, 0.3) is 0 Å². The Kier molecular flexibility index (Phi) is 6.62. The van der Waals surface area contributed by atoms with Gasteiger partial charge in [0, 0.05) is 16.7 Å². The van der Waals surface area contributed by atoms with E-state index < -0.39 is 7.92 Å². The highest BCUT2D eigenvalue weighted by Crippen LogP contribution is 2.50. The van der Waals surface area contributed by atoms with E-state index in [1.807, 2.05) is 18.2 Å². The Morgan fingerprint density at radius 1 is 0.900 bits per heavy atom. The van der Waals surface area contributed by atoms with Crippen LogP contribution in [0.4, 0.5) is 0 Å². The number of halogens is 1. The lowest BCUT2D eigenvalue weighted by atomic mass is 10.0. The fourth-order valence-electron chi connectivity index (χ4n) is 3.89. The van der Waals surface area contributed by atoms with E-state index in [2.05, 4.69) is 98.8 Å². The van der Waals surface area contributed by atoms with Gasteiger partial charge >= 0.3 is 0 Å². The lowest BCUT2D eigenvalue weighted by Crippen LogP contribution is -2.21. The van der Waals surface area contributed by atoms with Crippen LogP contribution in [0.2, 0.25) is 5.02 Å². The van der Waals surface area contributed by atoms with Crippen molar-refractivity contribution in [3.05, 3.63) is 119 Å². The van der Waals surface area contributed by atoms with E-state index in [9.17, 15) is 0 Å². The minimum atomic E-state index is -0.600. The van der Waals surface area contributed by atoms with E-state index in [1.54, 1.807) is 0 Å². The molecule has 3 aromatic rings. The zero-order valence-corrected chi connectivity index (χ0v) is 18.9. The molecule has 0 radical (unpaired) electrons. The van der Waals surface area contributed by atoms with Crippen molar-refractivity contribution in [1.29, 1.82) is 0 Å².